The molecule has 0 saturated carbocycles. The maximum Gasteiger partial charge on any atom is 0.306 e. The summed E-state index contributed by atoms with van der Waals surface area (Å²) in [6.07, 6.45) is 45.5. The van der Waals surface area contributed by atoms with Gasteiger partial charge in [0, 0.05) is 12.8 Å². The Kier molecular flexibility index (Phi) is 37.5. The summed E-state index contributed by atoms with van der Waals surface area (Å²) in [5, 5.41) is 8.83. The van der Waals surface area contributed by atoms with Crippen LogP contribution in [0.4, 0.5) is 0 Å². The maximum atomic E-state index is 12.7. The Hall–Kier alpha value is -1.06. The van der Waals surface area contributed by atoms with Crippen LogP contribution in [0.2, 0.25) is 0 Å². The summed E-state index contributed by atoms with van der Waals surface area (Å²) in [5.74, 6) is -0.685. The molecule has 1 atom stereocenters. The van der Waals surface area contributed by atoms with E-state index in [4.69, 9.17) is 9.84 Å². The predicted molar refractivity (Wildman–Crippen MR) is 200 cm³/mol. The van der Waals surface area contributed by atoms with Gasteiger partial charge >= 0.3 is 11.9 Å². The average Bonchev–Trinajstić information content (AvgIpc) is 3.04. The van der Waals surface area contributed by atoms with Crippen LogP contribution < -0.4 is 0 Å². The molecule has 0 aliphatic heterocycles. The van der Waals surface area contributed by atoms with E-state index in [0.717, 1.165) is 64.2 Å². The van der Waals surface area contributed by atoms with Gasteiger partial charge in [0.1, 0.15) is 6.10 Å². The largest absolute Gasteiger partial charge is 0.481 e. The van der Waals surface area contributed by atoms with Crippen molar-refractivity contribution in [1.29, 1.82) is 0 Å². The van der Waals surface area contributed by atoms with Crippen LogP contribution in [0.1, 0.15) is 251 Å². The van der Waals surface area contributed by atoms with Gasteiger partial charge in [0.05, 0.1) is 0 Å². The third-order valence-electron chi connectivity index (χ3n) is 9.83. The van der Waals surface area contributed by atoms with E-state index in [1.807, 2.05) is 0 Å². The number of carbonyl (C=O) groups excluding carboxylic acids is 1. The smallest absolute Gasteiger partial charge is 0.306 e. The molecule has 0 radical (unpaired) electrons. The molecule has 0 aliphatic carbocycles. The second kappa shape index (κ2) is 38.4. The van der Waals surface area contributed by atoms with Crippen molar-refractivity contribution < 1.29 is 19.4 Å². The van der Waals surface area contributed by atoms with Crippen molar-refractivity contribution in [2.24, 2.45) is 0 Å². The van der Waals surface area contributed by atoms with Crippen LogP contribution in [0, 0.1) is 0 Å². The van der Waals surface area contributed by atoms with Crippen LogP contribution in [0.15, 0.2) is 0 Å². The number of rotatable bonds is 39. The number of hydrogen-bond donors (Lipinski definition) is 1. The number of ether oxygens (including phenoxy) is 1. The summed E-state index contributed by atoms with van der Waals surface area (Å²) in [6, 6.07) is 0. The molecule has 274 valence electrons. The van der Waals surface area contributed by atoms with Gasteiger partial charge in [-0.15, -0.1) is 0 Å². The average molecular weight is 651 g/mol. The van der Waals surface area contributed by atoms with Gasteiger partial charge in [-0.05, 0) is 38.5 Å². The highest BCUT2D eigenvalue weighted by molar-refractivity contribution is 5.69. The van der Waals surface area contributed by atoms with Crippen molar-refractivity contribution in [3.63, 3.8) is 0 Å². The minimum absolute atomic E-state index is 0.00996. The number of hydrogen-bond acceptors (Lipinski definition) is 3. The second-order valence-corrected chi connectivity index (χ2v) is 14.5. The zero-order chi connectivity index (χ0) is 33.6. The van der Waals surface area contributed by atoms with Gasteiger partial charge in [-0.25, -0.2) is 0 Å². The molecule has 0 saturated heterocycles. The van der Waals surface area contributed by atoms with Gasteiger partial charge in [-0.1, -0.05) is 200 Å². The molecule has 1 unspecified atom stereocenters. The number of carbonyl (C=O) groups is 2. The third-order valence-corrected chi connectivity index (χ3v) is 9.83. The van der Waals surface area contributed by atoms with Crippen molar-refractivity contribution in [1.82, 2.24) is 0 Å². The van der Waals surface area contributed by atoms with Crippen LogP contribution in [0.5, 0.6) is 0 Å². The van der Waals surface area contributed by atoms with E-state index >= 15 is 0 Å². The standard InChI is InChI=1S/C42H82O4/c1-3-5-7-9-11-13-15-17-19-21-23-25-28-32-36-40(37-33-29-27-30-34-38-41(43)44)46-42(45)39-35-31-26-24-22-20-18-16-14-12-10-8-6-4-2/h40H,3-39H2,1-2H3,(H,43,44). The lowest BCUT2D eigenvalue weighted by Gasteiger charge is -2.18. The van der Waals surface area contributed by atoms with E-state index in [1.54, 1.807) is 0 Å². The third kappa shape index (κ3) is 37.4. The normalized spacial score (nSPS) is 12.0. The predicted octanol–water partition coefficient (Wildman–Crippen LogP) is 14.5. The van der Waals surface area contributed by atoms with Crippen molar-refractivity contribution >= 4 is 11.9 Å². The minimum atomic E-state index is -0.695. The fraction of sp³-hybridized carbons (Fsp3) is 0.952. The molecular formula is C42H82O4. The lowest BCUT2D eigenvalue weighted by Crippen LogP contribution is -2.18. The molecule has 0 aliphatic rings. The van der Waals surface area contributed by atoms with E-state index < -0.39 is 5.97 Å². The highest BCUT2D eigenvalue weighted by atomic mass is 16.5. The molecule has 0 aromatic rings. The van der Waals surface area contributed by atoms with Crippen molar-refractivity contribution in [3.05, 3.63) is 0 Å². The Balaban J connectivity index is 3.98. The molecule has 1 N–H and O–H groups in total. The zero-order valence-electron chi connectivity index (χ0n) is 31.4. The zero-order valence-corrected chi connectivity index (χ0v) is 31.4. The summed E-state index contributed by atoms with van der Waals surface area (Å²) in [4.78, 5) is 23.4. The highest BCUT2D eigenvalue weighted by Gasteiger charge is 2.14. The Labute approximate surface area is 288 Å². The van der Waals surface area contributed by atoms with E-state index in [-0.39, 0.29) is 18.5 Å². The van der Waals surface area contributed by atoms with Crippen LogP contribution in [0.3, 0.4) is 0 Å². The summed E-state index contributed by atoms with van der Waals surface area (Å²) < 4.78 is 6.02. The molecule has 0 fully saturated rings. The first-order chi connectivity index (χ1) is 22.6. The molecule has 0 bridgehead atoms. The summed E-state index contributed by atoms with van der Waals surface area (Å²) in [7, 11) is 0. The van der Waals surface area contributed by atoms with E-state index in [0.29, 0.717) is 6.42 Å². The number of carboxylic acids is 1. The van der Waals surface area contributed by atoms with Gasteiger partial charge < -0.3 is 9.84 Å². The molecule has 0 heterocycles. The summed E-state index contributed by atoms with van der Waals surface area (Å²) in [6.45, 7) is 4.57. The van der Waals surface area contributed by atoms with Gasteiger partial charge in [0.2, 0.25) is 0 Å². The monoisotopic (exact) mass is 651 g/mol. The van der Waals surface area contributed by atoms with E-state index in [9.17, 15) is 9.59 Å². The van der Waals surface area contributed by atoms with Crippen LogP contribution >= 0.6 is 0 Å². The van der Waals surface area contributed by atoms with Gasteiger partial charge in [-0.2, -0.15) is 0 Å². The lowest BCUT2D eigenvalue weighted by molar-refractivity contribution is -0.150. The summed E-state index contributed by atoms with van der Waals surface area (Å²) in [5.41, 5.74) is 0. The number of unbranched alkanes of at least 4 members (excludes halogenated alkanes) is 30. The van der Waals surface area contributed by atoms with Gasteiger partial charge in [0.15, 0.2) is 0 Å². The van der Waals surface area contributed by atoms with E-state index in [1.165, 1.54) is 161 Å². The first-order valence-electron chi connectivity index (χ1n) is 21.0. The Morgan fingerprint density at radius 2 is 0.652 bits per heavy atom. The number of esters is 1. The second-order valence-electron chi connectivity index (χ2n) is 14.5. The maximum absolute atomic E-state index is 12.7. The molecule has 0 amide bonds. The molecule has 0 rings (SSSR count). The lowest BCUT2D eigenvalue weighted by atomic mass is 10.0. The fourth-order valence-electron chi connectivity index (χ4n) is 6.72. The number of aliphatic carboxylic acids is 1. The van der Waals surface area contributed by atoms with Crippen molar-refractivity contribution in [3.8, 4) is 0 Å². The topological polar surface area (TPSA) is 63.6 Å². The van der Waals surface area contributed by atoms with Crippen LogP contribution in [0.25, 0.3) is 0 Å². The Bertz CT molecular complexity index is 619. The number of carboxylic acid groups (broad SMARTS) is 1. The Morgan fingerprint density at radius 1 is 0.391 bits per heavy atom. The molecule has 0 aromatic carbocycles. The van der Waals surface area contributed by atoms with Gasteiger partial charge in [-0.3, -0.25) is 9.59 Å². The molecular weight excluding hydrogens is 568 g/mol. The highest BCUT2D eigenvalue weighted by Crippen LogP contribution is 2.19. The molecule has 4 heteroatoms. The Morgan fingerprint density at radius 3 is 0.957 bits per heavy atom. The molecule has 46 heavy (non-hydrogen) atoms. The van der Waals surface area contributed by atoms with E-state index in [2.05, 4.69) is 13.8 Å². The molecule has 0 spiro atoms. The van der Waals surface area contributed by atoms with Crippen molar-refractivity contribution in [2.75, 3.05) is 0 Å². The SMILES string of the molecule is CCCCCCCCCCCCCCCCC(=O)OC(CCCCCCCCCCCCCCCC)CCCCCCCC(=O)O. The van der Waals surface area contributed by atoms with Crippen LogP contribution in [-0.2, 0) is 14.3 Å². The van der Waals surface area contributed by atoms with Gasteiger partial charge in [0.25, 0.3) is 0 Å². The summed E-state index contributed by atoms with van der Waals surface area (Å²) >= 11 is 0. The minimum Gasteiger partial charge on any atom is -0.481 e. The first-order valence-corrected chi connectivity index (χ1v) is 21.0. The first kappa shape index (κ1) is 44.9. The van der Waals surface area contributed by atoms with Crippen LogP contribution in [-0.4, -0.2) is 23.1 Å². The quantitative estimate of drug-likeness (QED) is 0.0531. The van der Waals surface area contributed by atoms with Crippen molar-refractivity contribution in [2.45, 2.75) is 258 Å². The fourth-order valence-corrected chi connectivity index (χ4v) is 6.72. The molecule has 0 aromatic heterocycles. The molecule has 4 nitrogen and oxygen atoms in total.